The molecule has 2 N–H and O–H groups in total. The highest BCUT2D eigenvalue weighted by atomic mass is 35.5. The maximum absolute atomic E-state index is 12.6. The van der Waals surface area contributed by atoms with Gasteiger partial charge in [0.25, 0.3) is 0 Å². The Labute approximate surface area is 134 Å². The smallest absolute Gasteiger partial charge is 0.185 e. The van der Waals surface area contributed by atoms with Gasteiger partial charge >= 0.3 is 0 Å². The van der Waals surface area contributed by atoms with Gasteiger partial charge in [0.15, 0.2) is 9.84 Å². The van der Waals surface area contributed by atoms with Gasteiger partial charge in [-0.1, -0.05) is 47.5 Å². The molecule has 0 aliphatic carbocycles. The van der Waals surface area contributed by atoms with E-state index in [2.05, 4.69) is 0 Å². The third kappa shape index (κ3) is 3.58. The van der Waals surface area contributed by atoms with E-state index in [-0.39, 0.29) is 20.7 Å². The van der Waals surface area contributed by atoms with E-state index in [1.54, 1.807) is 12.1 Å². The number of halogens is 2. The topological polar surface area (TPSA) is 60.2 Å². The number of nitrogens with two attached hydrogens (primary N) is 1. The van der Waals surface area contributed by atoms with Crippen molar-refractivity contribution < 1.29 is 8.42 Å². The van der Waals surface area contributed by atoms with Crippen LogP contribution in [-0.4, -0.2) is 8.42 Å². The number of benzene rings is 2. The molecule has 2 rings (SSSR count). The van der Waals surface area contributed by atoms with Gasteiger partial charge in [0.05, 0.1) is 15.8 Å². The first kappa shape index (κ1) is 16.3. The highest BCUT2D eigenvalue weighted by Crippen LogP contribution is 2.31. The van der Waals surface area contributed by atoms with Gasteiger partial charge in [-0.2, -0.15) is 0 Å². The first-order valence-corrected chi connectivity index (χ1v) is 8.71. The summed E-state index contributed by atoms with van der Waals surface area (Å²) >= 11 is 12.0. The van der Waals surface area contributed by atoms with Crippen LogP contribution in [-0.2, 0) is 22.1 Å². The van der Waals surface area contributed by atoms with E-state index in [9.17, 15) is 8.42 Å². The van der Waals surface area contributed by atoms with Crippen molar-refractivity contribution in [2.24, 2.45) is 5.73 Å². The van der Waals surface area contributed by atoms with E-state index in [1.807, 2.05) is 19.1 Å². The second-order valence-electron chi connectivity index (χ2n) is 4.77. The van der Waals surface area contributed by atoms with Gasteiger partial charge in [-0.25, -0.2) is 8.42 Å². The molecule has 0 aromatic heterocycles. The quantitative estimate of drug-likeness (QED) is 0.919. The summed E-state index contributed by atoms with van der Waals surface area (Å²) in [4.78, 5) is -0.0179. The summed E-state index contributed by atoms with van der Waals surface area (Å²) in [5.74, 6) is -0.146. The Balaban J connectivity index is 2.43. The van der Waals surface area contributed by atoms with Crippen LogP contribution in [0.25, 0.3) is 0 Å². The second-order valence-corrected chi connectivity index (χ2v) is 7.52. The number of aryl methyl sites for hydroxylation is 1. The summed E-state index contributed by atoms with van der Waals surface area (Å²) in [5.41, 5.74) is 8.13. The molecule has 0 radical (unpaired) electrons. The number of rotatable bonds is 4. The fraction of sp³-hybridized carbons (Fsp3) is 0.200. The van der Waals surface area contributed by atoms with Gasteiger partial charge in [0.1, 0.15) is 4.90 Å². The fourth-order valence-corrected chi connectivity index (χ4v) is 4.81. The molecular weight excluding hydrogens is 329 g/mol. The van der Waals surface area contributed by atoms with E-state index >= 15 is 0 Å². The molecule has 0 fully saturated rings. The van der Waals surface area contributed by atoms with Crippen LogP contribution in [0.15, 0.2) is 41.3 Å². The van der Waals surface area contributed by atoms with Crippen molar-refractivity contribution in [3.8, 4) is 0 Å². The Bertz CT molecular complexity index is 753. The lowest BCUT2D eigenvalue weighted by Gasteiger charge is -2.11. The third-order valence-corrected chi connectivity index (χ3v) is 5.83. The Kier molecular flexibility index (Phi) is 4.94. The summed E-state index contributed by atoms with van der Waals surface area (Å²) in [6.45, 7) is 2.28. The summed E-state index contributed by atoms with van der Waals surface area (Å²) in [5, 5.41) is 0.275. The average molecular weight is 344 g/mol. The largest absolute Gasteiger partial charge is 0.326 e. The minimum absolute atomic E-state index is 0.0179. The van der Waals surface area contributed by atoms with Crippen molar-refractivity contribution in [1.29, 1.82) is 0 Å². The van der Waals surface area contributed by atoms with Crippen molar-refractivity contribution >= 4 is 33.0 Å². The predicted octanol–water partition coefficient (Wildman–Crippen LogP) is 3.73. The molecule has 0 spiro atoms. The molecule has 0 atom stereocenters. The molecule has 21 heavy (non-hydrogen) atoms. The van der Waals surface area contributed by atoms with Crippen molar-refractivity contribution in [2.75, 3.05) is 0 Å². The van der Waals surface area contributed by atoms with Crippen molar-refractivity contribution in [3.63, 3.8) is 0 Å². The summed E-state index contributed by atoms with van der Waals surface area (Å²) < 4.78 is 25.1. The van der Waals surface area contributed by atoms with Gasteiger partial charge < -0.3 is 5.73 Å². The molecule has 3 nitrogen and oxygen atoms in total. The minimum Gasteiger partial charge on any atom is -0.326 e. The van der Waals surface area contributed by atoms with Gasteiger partial charge in [-0.05, 0) is 35.7 Å². The maximum atomic E-state index is 12.6. The van der Waals surface area contributed by atoms with E-state index < -0.39 is 9.84 Å². The zero-order valence-corrected chi connectivity index (χ0v) is 13.8. The minimum atomic E-state index is -3.61. The van der Waals surface area contributed by atoms with Crippen LogP contribution >= 0.6 is 23.2 Å². The molecule has 0 aliphatic rings. The summed E-state index contributed by atoms with van der Waals surface area (Å²) in [6.07, 6.45) is 0. The predicted molar refractivity (Wildman–Crippen MR) is 86.4 cm³/mol. The zero-order chi connectivity index (χ0) is 15.6. The van der Waals surface area contributed by atoms with E-state index in [4.69, 9.17) is 28.9 Å². The Hall–Kier alpha value is -1.07. The van der Waals surface area contributed by atoms with Crippen LogP contribution in [0.4, 0.5) is 0 Å². The molecule has 6 heteroatoms. The van der Waals surface area contributed by atoms with Crippen LogP contribution in [0.1, 0.15) is 16.7 Å². The molecule has 0 bridgehead atoms. The third-order valence-electron chi connectivity index (χ3n) is 3.22. The van der Waals surface area contributed by atoms with Crippen LogP contribution < -0.4 is 5.73 Å². The zero-order valence-electron chi connectivity index (χ0n) is 11.4. The standard InChI is InChI=1S/C15H15Cl2NO2S/c1-10-7-11(8-18)5-6-12(10)9-21(19,20)15-13(16)3-2-4-14(15)17/h2-7H,8-9,18H2,1H3. The lowest BCUT2D eigenvalue weighted by Crippen LogP contribution is -2.08. The van der Waals surface area contributed by atoms with Gasteiger partial charge in [0.2, 0.25) is 0 Å². The second kappa shape index (κ2) is 6.36. The molecule has 0 amide bonds. The Morgan fingerprint density at radius 2 is 1.71 bits per heavy atom. The van der Waals surface area contributed by atoms with Crippen molar-refractivity contribution in [1.82, 2.24) is 0 Å². The summed E-state index contributed by atoms with van der Waals surface area (Å²) in [6, 6.07) is 10.1. The van der Waals surface area contributed by atoms with E-state index in [1.165, 1.54) is 12.1 Å². The first-order chi connectivity index (χ1) is 9.85. The highest BCUT2D eigenvalue weighted by molar-refractivity contribution is 7.90. The van der Waals surface area contributed by atoms with Crippen molar-refractivity contribution in [3.05, 3.63) is 63.1 Å². The lowest BCUT2D eigenvalue weighted by atomic mass is 10.1. The SMILES string of the molecule is Cc1cc(CN)ccc1CS(=O)(=O)c1c(Cl)cccc1Cl. The molecular formula is C15H15Cl2NO2S. The number of hydrogen-bond acceptors (Lipinski definition) is 3. The van der Waals surface area contributed by atoms with Gasteiger partial charge in [0, 0.05) is 6.54 Å². The lowest BCUT2D eigenvalue weighted by molar-refractivity contribution is 0.595. The van der Waals surface area contributed by atoms with Crippen LogP contribution in [0, 0.1) is 6.92 Å². The monoisotopic (exact) mass is 343 g/mol. The first-order valence-electron chi connectivity index (χ1n) is 6.30. The molecule has 0 saturated heterocycles. The number of sulfone groups is 1. The van der Waals surface area contributed by atoms with E-state index in [0.29, 0.717) is 12.1 Å². The normalized spacial score (nSPS) is 11.6. The molecule has 0 saturated carbocycles. The molecule has 0 aliphatic heterocycles. The van der Waals surface area contributed by atoms with Gasteiger partial charge in [-0.15, -0.1) is 0 Å². The van der Waals surface area contributed by atoms with Crippen LogP contribution in [0.3, 0.4) is 0 Å². The average Bonchev–Trinajstić information content (AvgIpc) is 2.40. The van der Waals surface area contributed by atoms with Crippen molar-refractivity contribution in [2.45, 2.75) is 24.1 Å². The highest BCUT2D eigenvalue weighted by Gasteiger charge is 2.22. The number of hydrogen-bond donors (Lipinski definition) is 1. The molecule has 0 heterocycles. The molecule has 2 aromatic carbocycles. The van der Waals surface area contributed by atoms with Gasteiger partial charge in [-0.3, -0.25) is 0 Å². The summed E-state index contributed by atoms with van der Waals surface area (Å²) in [7, 11) is -3.61. The Morgan fingerprint density at radius 3 is 2.24 bits per heavy atom. The molecule has 0 unspecified atom stereocenters. The van der Waals surface area contributed by atoms with Crippen LogP contribution in [0.5, 0.6) is 0 Å². The van der Waals surface area contributed by atoms with E-state index in [0.717, 1.165) is 11.1 Å². The Morgan fingerprint density at radius 1 is 1.10 bits per heavy atom. The fourth-order valence-electron chi connectivity index (χ4n) is 2.10. The molecule has 112 valence electrons. The maximum Gasteiger partial charge on any atom is 0.185 e. The molecule has 2 aromatic rings. The van der Waals surface area contributed by atoms with Crippen LogP contribution in [0.2, 0.25) is 10.0 Å².